The van der Waals surface area contributed by atoms with Gasteiger partial charge in [0.1, 0.15) is 10.1 Å². The lowest BCUT2D eigenvalue weighted by molar-refractivity contribution is 0.0941. The second-order valence-electron chi connectivity index (χ2n) is 3.88. The first-order chi connectivity index (χ1) is 9.31. The van der Waals surface area contributed by atoms with Gasteiger partial charge in [-0.25, -0.2) is 8.42 Å². The van der Waals surface area contributed by atoms with E-state index < -0.39 is 26.8 Å². The number of amides is 2. The van der Waals surface area contributed by atoms with Gasteiger partial charge in [-0.15, -0.1) is 0 Å². The fraction of sp³-hybridized carbons (Fsp3) is 0.333. The number of hydrogen-bond acceptors (Lipinski definition) is 5. The maximum atomic E-state index is 11.7. The largest absolute Gasteiger partial charge is 0.744 e. The lowest BCUT2D eigenvalue weighted by Gasteiger charge is -2.14. The first-order valence-corrected chi connectivity index (χ1v) is 7.38. The summed E-state index contributed by atoms with van der Waals surface area (Å²) in [5.74, 6) is -1.19. The van der Waals surface area contributed by atoms with Crippen LogP contribution >= 0.6 is 0 Å². The van der Waals surface area contributed by atoms with Crippen LogP contribution < -0.4 is 10.6 Å². The minimum Gasteiger partial charge on any atom is -0.744 e. The third kappa shape index (κ3) is 3.78. The van der Waals surface area contributed by atoms with Gasteiger partial charge in [-0.1, -0.05) is 0 Å². The molecule has 0 saturated heterocycles. The molecule has 0 bridgehead atoms. The van der Waals surface area contributed by atoms with Crippen molar-refractivity contribution in [2.24, 2.45) is 0 Å². The minimum atomic E-state index is -4.86. The van der Waals surface area contributed by atoms with E-state index in [1.807, 2.05) is 0 Å². The zero-order valence-electron chi connectivity index (χ0n) is 11.1. The molecule has 0 unspecified atom stereocenters. The Labute approximate surface area is 117 Å². The van der Waals surface area contributed by atoms with Crippen molar-refractivity contribution < 1.29 is 22.6 Å². The van der Waals surface area contributed by atoms with Crippen LogP contribution in [-0.4, -0.2) is 37.9 Å². The van der Waals surface area contributed by atoms with Gasteiger partial charge in [0.2, 0.25) is 0 Å². The average Bonchev–Trinajstić information content (AvgIpc) is 2.37. The number of hydrogen-bond donors (Lipinski definition) is 2. The van der Waals surface area contributed by atoms with Crippen LogP contribution in [0, 0.1) is 0 Å². The highest BCUT2D eigenvalue weighted by Crippen LogP contribution is 2.18. The molecule has 2 N–H and O–H groups in total. The molecule has 2 amide bonds. The van der Waals surface area contributed by atoms with Crippen molar-refractivity contribution in [3.63, 3.8) is 0 Å². The molecule has 0 aliphatic carbocycles. The number of rotatable bonds is 5. The zero-order valence-corrected chi connectivity index (χ0v) is 11.9. The lowest BCUT2D eigenvalue weighted by Crippen LogP contribution is -2.26. The van der Waals surface area contributed by atoms with E-state index in [0.29, 0.717) is 6.54 Å². The molecule has 0 aliphatic rings. The highest BCUT2D eigenvalue weighted by Gasteiger charge is 2.18. The molecule has 0 heterocycles. The zero-order chi connectivity index (χ0) is 15.3. The van der Waals surface area contributed by atoms with Gasteiger partial charge in [0.25, 0.3) is 11.8 Å². The van der Waals surface area contributed by atoms with Gasteiger partial charge in [0.05, 0.1) is 10.5 Å². The Balaban J connectivity index is 3.35. The van der Waals surface area contributed by atoms with E-state index in [1.54, 1.807) is 13.8 Å². The Hall–Kier alpha value is -1.93. The fourth-order valence-electron chi connectivity index (χ4n) is 1.58. The van der Waals surface area contributed by atoms with E-state index in [9.17, 15) is 22.6 Å². The second-order valence-corrected chi connectivity index (χ2v) is 5.23. The molecule has 0 saturated carbocycles. The molecule has 8 heteroatoms. The number of benzene rings is 1. The summed E-state index contributed by atoms with van der Waals surface area (Å²) in [7, 11) is -4.86. The Kier molecular flexibility index (Phi) is 5.23. The Bertz CT molecular complexity index is 625. The summed E-state index contributed by atoms with van der Waals surface area (Å²) in [6.45, 7) is 4.00. The van der Waals surface area contributed by atoms with Gasteiger partial charge in [-0.3, -0.25) is 9.59 Å². The Morgan fingerprint density at radius 2 is 1.65 bits per heavy atom. The summed E-state index contributed by atoms with van der Waals surface area (Å²) >= 11 is 0. The van der Waals surface area contributed by atoms with Crippen molar-refractivity contribution in [1.29, 1.82) is 0 Å². The highest BCUT2D eigenvalue weighted by atomic mass is 32.2. The molecule has 1 aromatic rings. The van der Waals surface area contributed by atoms with Crippen molar-refractivity contribution in [3.05, 3.63) is 29.3 Å². The van der Waals surface area contributed by atoms with Crippen LogP contribution in [0.1, 0.15) is 34.6 Å². The molecule has 0 atom stereocenters. The summed E-state index contributed by atoms with van der Waals surface area (Å²) in [6.07, 6.45) is 0. The SMILES string of the molecule is CCNC(=O)c1ccc(C(=O)NCC)c(S(=O)(=O)[O-])c1. The molecular formula is C12H15N2O5S-. The summed E-state index contributed by atoms with van der Waals surface area (Å²) in [5, 5.41) is 4.88. The molecule has 7 nitrogen and oxygen atoms in total. The number of carbonyl (C=O) groups excluding carboxylic acids is 2. The van der Waals surface area contributed by atoms with Gasteiger partial charge >= 0.3 is 0 Å². The minimum absolute atomic E-state index is 0.00863. The molecule has 0 aliphatic heterocycles. The lowest BCUT2D eigenvalue weighted by atomic mass is 10.1. The first-order valence-electron chi connectivity index (χ1n) is 5.97. The van der Waals surface area contributed by atoms with E-state index in [2.05, 4.69) is 10.6 Å². The molecule has 0 spiro atoms. The predicted octanol–water partition coefficient (Wildman–Crippen LogP) is 0.0901. The molecular weight excluding hydrogens is 284 g/mol. The molecule has 0 aromatic heterocycles. The summed E-state index contributed by atoms with van der Waals surface area (Å²) in [6, 6.07) is 3.36. The Morgan fingerprint density at radius 3 is 2.15 bits per heavy atom. The van der Waals surface area contributed by atoms with Crippen LogP contribution in [0.25, 0.3) is 0 Å². The van der Waals surface area contributed by atoms with Gasteiger partial charge in [-0.2, -0.15) is 0 Å². The van der Waals surface area contributed by atoms with Crippen LogP contribution in [-0.2, 0) is 10.1 Å². The first kappa shape index (κ1) is 16.1. The molecule has 20 heavy (non-hydrogen) atoms. The van der Waals surface area contributed by atoms with Crippen molar-refractivity contribution in [2.45, 2.75) is 18.7 Å². The standard InChI is InChI=1S/C12H16N2O5S/c1-3-13-11(15)8-5-6-9(12(16)14-4-2)10(7-8)20(17,18)19/h5-7H,3-4H2,1-2H3,(H,13,15)(H,14,16)(H,17,18,19)/p-1. The van der Waals surface area contributed by atoms with E-state index in [0.717, 1.165) is 12.1 Å². The van der Waals surface area contributed by atoms with Crippen LogP contribution in [0.4, 0.5) is 0 Å². The molecule has 0 radical (unpaired) electrons. The van der Waals surface area contributed by atoms with Gasteiger partial charge in [-0.05, 0) is 32.0 Å². The van der Waals surface area contributed by atoms with Gasteiger partial charge < -0.3 is 15.2 Å². The topological polar surface area (TPSA) is 115 Å². The third-order valence-corrected chi connectivity index (χ3v) is 3.31. The maximum absolute atomic E-state index is 11.7. The van der Waals surface area contributed by atoms with Crippen molar-refractivity contribution in [1.82, 2.24) is 10.6 Å². The van der Waals surface area contributed by atoms with E-state index in [4.69, 9.17) is 0 Å². The van der Waals surface area contributed by atoms with E-state index >= 15 is 0 Å². The third-order valence-electron chi connectivity index (χ3n) is 2.43. The monoisotopic (exact) mass is 299 g/mol. The normalized spacial score (nSPS) is 10.9. The highest BCUT2D eigenvalue weighted by molar-refractivity contribution is 7.85. The molecule has 0 fully saturated rings. The second kappa shape index (κ2) is 6.49. The van der Waals surface area contributed by atoms with E-state index in [1.165, 1.54) is 6.07 Å². The average molecular weight is 299 g/mol. The smallest absolute Gasteiger partial charge is 0.252 e. The maximum Gasteiger partial charge on any atom is 0.252 e. The quantitative estimate of drug-likeness (QED) is 0.748. The van der Waals surface area contributed by atoms with Crippen LogP contribution in [0.3, 0.4) is 0 Å². The van der Waals surface area contributed by atoms with Gasteiger partial charge in [0.15, 0.2) is 0 Å². The van der Waals surface area contributed by atoms with Gasteiger partial charge in [0, 0.05) is 18.7 Å². The van der Waals surface area contributed by atoms with Crippen LogP contribution in [0.15, 0.2) is 23.1 Å². The Morgan fingerprint density at radius 1 is 1.10 bits per heavy atom. The van der Waals surface area contributed by atoms with E-state index in [-0.39, 0.29) is 17.7 Å². The predicted molar refractivity (Wildman–Crippen MR) is 70.4 cm³/mol. The van der Waals surface area contributed by atoms with Crippen molar-refractivity contribution >= 4 is 21.9 Å². The summed E-state index contributed by atoms with van der Waals surface area (Å²) < 4.78 is 33.7. The van der Waals surface area contributed by atoms with Crippen molar-refractivity contribution in [3.8, 4) is 0 Å². The summed E-state index contributed by atoms with van der Waals surface area (Å²) in [4.78, 5) is 22.6. The number of nitrogens with one attached hydrogen (secondary N) is 2. The molecule has 1 aromatic carbocycles. The summed E-state index contributed by atoms with van der Waals surface area (Å²) in [5.41, 5.74) is -0.260. The number of carbonyl (C=O) groups is 2. The fourth-order valence-corrected chi connectivity index (χ4v) is 2.28. The van der Waals surface area contributed by atoms with Crippen molar-refractivity contribution in [2.75, 3.05) is 13.1 Å². The molecule has 110 valence electrons. The van der Waals surface area contributed by atoms with Crippen LogP contribution in [0.2, 0.25) is 0 Å². The van der Waals surface area contributed by atoms with Crippen LogP contribution in [0.5, 0.6) is 0 Å². The molecule has 1 rings (SSSR count).